The first-order valence-corrected chi connectivity index (χ1v) is 9.07. The summed E-state index contributed by atoms with van der Waals surface area (Å²) in [5, 5.41) is 13.7. The molecule has 8 nitrogen and oxygen atoms in total. The number of nitrogens with one attached hydrogen (secondary N) is 2. The summed E-state index contributed by atoms with van der Waals surface area (Å²) in [4.78, 5) is 23.7. The van der Waals surface area contributed by atoms with E-state index in [9.17, 15) is 9.59 Å². The van der Waals surface area contributed by atoms with Crippen LogP contribution >= 0.6 is 8.53 Å². The normalized spacial score (nSPS) is 13.0. The lowest BCUT2D eigenvalue weighted by molar-refractivity contribution is -0.134. The summed E-state index contributed by atoms with van der Waals surface area (Å²) in [6.45, 7) is 9.69. The van der Waals surface area contributed by atoms with Gasteiger partial charge in [-0.2, -0.15) is 5.26 Å². The van der Waals surface area contributed by atoms with Gasteiger partial charge in [0.05, 0.1) is 31.2 Å². The quantitative estimate of drug-likeness (QED) is 0.379. The molecule has 138 valence electrons. The van der Waals surface area contributed by atoms with Gasteiger partial charge in [0.25, 0.3) is 8.53 Å². The van der Waals surface area contributed by atoms with Gasteiger partial charge in [0.15, 0.2) is 0 Å². The van der Waals surface area contributed by atoms with Crippen LogP contribution in [0.4, 0.5) is 0 Å². The maximum absolute atomic E-state index is 12.3. The molecule has 1 atom stereocenters. The van der Waals surface area contributed by atoms with Crippen LogP contribution in [0.5, 0.6) is 0 Å². The molecule has 0 rings (SSSR count). The fourth-order valence-corrected chi connectivity index (χ4v) is 3.16. The third kappa shape index (κ3) is 9.78. The maximum Gasteiger partial charge on any atom is 0.253 e. The zero-order valence-electron chi connectivity index (χ0n) is 15.1. The van der Waals surface area contributed by atoms with Crippen molar-refractivity contribution in [1.29, 1.82) is 5.26 Å². The lowest BCUT2D eigenvalue weighted by atomic mass is 9.81. The summed E-state index contributed by atoms with van der Waals surface area (Å²) in [7, 11) is -1.62. The highest BCUT2D eigenvalue weighted by Crippen LogP contribution is 2.40. The fraction of sp³-hybridized carbons (Fsp3) is 0.800. The third-order valence-corrected chi connectivity index (χ3v) is 4.15. The fourth-order valence-electron chi connectivity index (χ4n) is 2.29. The van der Waals surface area contributed by atoms with Crippen molar-refractivity contribution in [2.24, 2.45) is 10.9 Å². The second-order valence-electron chi connectivity index (χ2n) is 6.57. The van der Waals surface area contributed by atoms with Crippen LogP contribution in [0.1, 0.15) is 47.5 Å². The van der Waals surface area contributed by atoms with Crippen LogP contribution in [0.3, 0.4) is 0 Å². The molecule has 4 N–H and O–H groups in total. The van der Waals surface area contributed by atoms with Gasteiger partial charge in [0.2, 0.25) is 11.8 Å². The molecular weight excluding hydrogens is 331 g/mol. The van der Waals surface area contributed by atoms with Crippen molar-refractivity contribution < 1.29 is 18.6 Å². The zero-order valence-corrected chi connectivity index (χ0v) is 16.0. The molecule has 0 aromatic heterocycles. The lowest BCUT2D eigenvalue weighted by Gasteiger charge is -2.34. The number of nitrogens with two attached hydrogens (primary N) is 1. The first-order chi connectivity index (χ1) is 11.0. The second kappa shape index (κ2) is 10.6. The first kappa shape index (κ1) is 22.7. The Morgan fingerprint density at radius 3 is 2.42 bits per heavy atom. The minimum absolute atomic E-state index is 0.0573. The van der Waals surface area contributed by atoms with Crippen LogP contribution < -0.4 is 16.1 Å². The SMILES string of the molecule is CCNC(=O)CNC(=O)C(C)(C)CC(C)(C)OP(N)OCCC#N. The standard InChI is InChI=1S/C15H29N4O4P/c1-6-18-12(20)10-19-13(21)14(2,3)11-15(4,5)23-24(17)22-9-7-8-16/h6-7,9-11,17H2,1-5H3,(H,18,20)(H,19,21). The van der Waals surface area contributed by atoms with Crippen LogP contribution in [-0.4, -0.2) is 37.1 Å². The molecule has 24 heavy (non-hydrogen) atoms. The zero-order chi connectivity index (χ0) is 18.8. The van der Waals surface area contributed by atoms with Crippen LogP contribution in [-0.2, 0) is 18.6 Å². The smallest absolute Gasteiger partial charge is 0.253 e. The predicted molar refractivity (Wildman–Crippen MR) is 92.5 cm³/mol. The number of likely N-dealkylation sites (N-methyl/N-ethyl adjacent to an activating group) is 1. The molecule has 2 amide bonds. The van der Waals surface area contributed by atoms with E-state index < -0.39 is 19.5 Å². The van der Waals surface area contributed by atoms with E-state index in [2.05, 4.69) is 10.6 Å². The average molecular weight is 360 g/mol. The summed E-state index contributed by atoms with van der Waals surface area (Å²) in [6, 6.07) is 1.96. The highest BCUT2D eigenvalue weighted by atomic mass is 31.2. The van der Waals surface area contributed by atoms with Gasteiger partial charge in [0, 0.05) is 12.0 Å². The Hall–Kier alpha value is -1.26. The summed E-state index contributed by atoms with van der Waals surface area (Å²) < 4.78 is 10.9. The number of carbonyl (C=O) groups is 2. The van der Waals surface area contributed by atoms with E-state index in [1.54, 1.807) is 13.8 Å². The Balaban J connectivity index is 4.50. The van der Waals surface area contributed by atoms with Crippen molar-refractivity contribution in [3.8, 4) is 6.07 Å². The highest BCUT2D eigenvalue weighted by Gasteiger charge is 2.36. The Kier molecular flexibility index (Phi) is 10.0. The van der Waals surface area contributed by atoms with Crippen LogP contribution in [0, 0.1) is 16.7 Å². The minimum Gasteiger partial charge on any atom is -0.355 e. The van der Waals surface area contributed by atoms with E-state index in [1.807, 2.05) is 26.8 Å². The largest absolute Gasteiger partial charge is 0.355 e. The summed E-state index contributed by atoms with van der Waals surface area (Å²) in [5.41, 5.74) is 4.34. The molecule has 0 saturated carbocycles. The molecule has 0 radical (unpaired) electrons. The summed E-state index contributed by atoms with van der Waals surface area (Å²) in [5.74, 6) is -0.467. The first-order valence-electron chi connectivity index (χ1n) is 7.83. The molecule has 0 heterocycles. The lowest BCUT2D eigenvalue weighted by Crippen LogP contribution is -2.45. The number of rotatable bonds is 11. The van der Waals surface area contributed by atoms with E-state index in [1.165, 1.54) is 0 Å². The molecule has 0 aliphatic carbocycles. The number of hydrogen-bond acceptors (Lipinski definition) is 6. The molecule has 0 fully saturated rings. The molecule has 0 aromatic rings. The van der Waals surface area contributed by atoms with Crippen molar-refractivity contribution >= 4 is 20.3 Å². The van der Waals surface area contributed by atoms with Gasteiger partial charge in [-0.15, -0.1) is 0 Å². The summed E-state index contributed by atoms with van der Waals surface area (Å²) >= 11 is 0. The molecule has 0 aromatic carbocycles. The number of amides is 2. The monoisotopic (exact) mass is 360 g/mol. The predicted octanol–water partition coefficient (Wildman–Crippen LogP) is 1.57. The molecule has 0 saturated heterocycles. The van der Waals surface area contributed by atoms with Gasteiger partial charge in [-0.3, -0.25) is 15.1 Å². The van der Waals surface area contributed by atoms with Gasteiger partial charge in [0.1, 0.15) is 0 Å². The minimum atomic E-state index is -1.62. The number of hydrogen-bond donors (Lipinski definition) is 3. The Morgan fingerprint density at radius 2 is 1.88 bits per heavy atom. The molecule has 0 spiro atoms. The molecule has 0 aliphatic heterocycles. The average Bonchev–Trinajstić information content (AvgIpc) is 2.43. The molecule has 9 heteroatoms. The molecular formula is C15H29N4O4P. The van der Waals surface area contributed by atoms with E-state index in [0.29, 0.717) is 13.0 Å². The molecule has 1 unspecified atom stereocenters. The van der Waals surface area contributed by atoms with E-state index in [-0.39, 0.29) is 31.4 Å². The maximum atomic E-state index is 12.3. The van der Waals surface area contributed by atoms with Crippen molar-refractivity contribution in [2.45, 2.75) is 53.1 Å². The Morgan fingerprint density at radius 1 is 1.25 bits per heavy atom. The Bertz CT molecular complexity index is 463. The third-order valence-electron chi connectivity index (χ3n) is 3.04. The van der Waals surface area contributed by atoms with Gasteiger partial charge in [-0.05, 0) is 27.2 Å². The van der Waals surface area contributed by atoms with Crippen LogP contribution in [0.15, 0.2) is 0 Å². The highest BCUT2D eigenvalue weighted by molar-refractivity contribution is 7.44. The van der Waals surface area contributed by atoms with E-state index in [0.717, 1.165) is 0 Å². The van der Waals surface area contributed by atoms with Gasteiger partial charge >= 0.3 is 0 Å². The topological polar surface area (TPSA) is 126 Å². The van der Waals surface area contributed by atoms with Gasteiger partial charge in [-0.25, -0.2) is 0 Å². The second-order valence-corrected chi connectivity index (χ2v) is 7.59. The van der Waals surface area contributed by atoms with E-state index >= 15 is 0 Å². The number of nitriles is 1. The van der Waals surface area contributed by atoms with Crippen molar-refractivity contribution in [1.82, 2.24) is 10.6 Å². The van der Waals surface area contributed by atoms with Crippen molar-refractivity contribution in [3.05, 3.63) is 0 Å². The number of carbonyl (C=O) groups excluding carboxylic acids is 2. The van der Waals surface area contributed by atoms with Crippen LogP contribution in [0.2, 0.25) is 0 Å². The van der Waals surface area contributed by atoms with Gasteiger partial charge in [-0.1, -0.05) is 13.8 Å². The summed E-state index contributed by atoms with van der Waals surface area (Å²) in [6.07, 6.45) is 0.631. The van der Waals surface area contributed by atoms with Crippen molar-refractivity contribution in [3.63, 3.8) is 0 Å². The number of nitrogens with zero attached hydrogens (tertiary/aromatic N) is 1. The molecule has 0 aliphatic rings. The Labute approximate surface area is 145 Å². The van der Waals surface area contributed by atoms with E-state index in [4.69, 9.17) is 19.8 Å². The van der Waals surface area contributed by atoms with Gasteiger partial charge < -0.3 is 19.7 Å². The molecule has 0 bridgehead atoms. The van der Waals surface area contributed by atoms with Crippen LogP contribution in [0.25, 0.3) is 0 Å². The van der Waals surface area contributed by atoms with Crippen molar-refractivity contribution in [2.75, 3.05) is 19.7 Å².